The van der Waals surface area contributed by atoms with E-state index in [1.54, 1.807) is 6.92 Å². The number of rotatable bonds is 4. The van der Waals surface area contributed by atoms with Gasteiger partial charge in [0, 0.05) is 30.5 Å². The number of halogens is 3. The van der Waals surface area contributed by atoms with Crippen LogP contribution in [0.1, 0.15) is 17.1 Å². The fourth-order valence-electron chi connectivity index (χ4n) is 1.88. The van der Waals surface area contributed by atoms with Gasteiger partial charge in [0.1, 0.15) is 0 Å². The van der Waals surface area contributed by atoms with E-state index in [-0.39, 0.29) is 5.13 Å². The fraction of sp³-hybridized carbons (Fsp3) is 0.417. The highest BCUT2D eigenvalue weighted by molar-refractivity contribution is 7.15. The summed E-state index contributed by atoms with van der Waals surface area (Å²) in [5.41, 5.74) is -3.37. The highest BCUT2D eigenvalue weighted by Gasteiger charge is 2.58. The summed E-state index contributed by atoms with van der Waals surface area (Å²) in [6.45, 7) is 1.74. The van der Waals surface area contributed by atoms with Crippen LogP contribution >= 0.6 is 11.3 Å². The number of carbonyl (C=O) groups excluding carboxylic acids is 1. The van der Waals surface area contributed by atoms with Crippen LogP contribution in [0.5, 0.6) is 0 Å². The monoisotopic (exact) mass is 334 g/mol. The summed E-state index contributed by atoms with van der Waals surface area (Å²) in [5, 5.41) is 12.5. The number of aliphatic hydroxyl groups is 1. The predicted molar refractivity (Wildman–Crippen MR) is 73.3 cm³/mol. The van der Waals surface area contributed by atoms with E-state index in [4.69, 9.17) is 0 Å². The van der Waals surface area contributed by atoms with Crippen molar-refractivity contribution in [1.29, 1.82) is 0 Å². The van der Waals surface area contributed by atoms with Crippen LogP contribution in [0.4, 0.5) is 18.3 Å². The smallest absolute Gasteiger partial charge is 0.374 e. The molecule has 22 heavy (non-hydrogen) atoms. The first-order chi connectivity index (χ1) is 10.1. The highest BCUT2D eigenvalue weighted by Crippen LogP contribution is 2.40. The lowest BCUT2D eigenvalue weighted by molar-refractivity contribution is -0.270. The molecule has 0 aliphatic carbocycles. The van der Waals surface area contributed by atoms with Gasteiger partial charge in [-0.2, -0.15) is 13.2 Å². The molecule has 10 heteroatoms. The molecule has 0 saturated heterocycles. The van der Waals surface area contributed by atoms with Crippen LogP contribution in [0.2, 0.25) is 0 Å². The summed E-state index contributed by atoms with van der Waals surface area (Å²) in [6, 6.07) is 0. The first-order valence-electron chi connectivity index (χ1n) is 6.12. The van der Waals surface area contributed by atoms with Crippen molar-refractivity contribution in [3.8, 4) is 0 Å². The van der Waals surface area contributed by atoms with Gasteiger partial charge in [0.2, 0.25) is 11.5 Å². The maximum atomic E-state index is 13.3. The van der Waals surface area contributed by atoms with Crippen molar-refractivity contribution < 1.29 is 23.1 Å². The second-order valence-corrected chi connectivity index (χ2v) is 5.96. The minimum absolute atomic E-state index is 0.173. The molecule has 0 aromatic carbocycles. The van der Waals surface area contributed by atoms with Crippen LogP contribution in [-0.4, -0.2) is 31.7 Å². The molecule has 0 saturated carbocycles. The van der Waals surface area contributed by atoms with Gasteiger partial charge in [-0.1, -0.05) is 0 Å². The van der Waals surface area contributed by atoms with Gasteiger partial charge in [-0.3, -0.25) is 4.79 Å². The number of aryl methyl sites for hydroxylation is 2. The summed E-state index contributed by atoms with van der Waals surface area (Å²) < 4.78 is 40.8. The molecule has 2 aromatic heterocycles. The molecular formula is C12H13F3N4O2S. The van der Waals surface area contributed by atoms with E-state index >= 15 is 0 Å². The summed E-state index contributed by atoms with van der Waals surface area (Å²) in [5.74, 6) is -1.65. The summed E-state index contributed by atoms with van der Waals surface area (Å²) in [7, 11) is 1.31. The maximum absolute atomic E-state index is 13.3. The average Bonchev–Trinajstić information content (AvgIpc) is 2.96. The van der Waals surface area contributed by atoms with Crippen LogP contribution in [0.25, 0.3) is 0 Å². The quantitative estimate of drug-likeness (QED) is 0.896. The number of hydrogen-bond acceptors (Lipinski definition) is 5. The van der Waals surface area contributed by atoms with Crippen molar-refractivity contribution >= 4 is 22.4 Å². The zero-order valence-corrected chi connectivity index (χ0v) is 12.5. The van der Waals surface area contributed by atoms with Gasteiger partial charge in [-0.25, -0.2) is 9.97 Å². The van der Waals surface area contributed by atoms with Gasteiger partial charge in [0.25, 0.3) is 0 Å². The molecule has 1 atom stereocenters. The van der Waals surface area contributed by atoms with Crippen LogP contribution in [-0.2, 0) is 17.4 Å². The number of nitrogens with one attached hydrogen (secondary N) is 1. The van der Waals surface area contributed by atoms with Gasteiger partial charge < -0.3 is 15.0 Å². The summed E-state index contributed by atoms with van der Waals surface area (Å²) >= 11 is 1.12. The van der Waals surface area contributed by atoms with Gasteiger partial charge in [0.15, 0.2) is 11.0 Å². The molecule has 6 nitrogen and oxygen atoms in total. The molecule has 0 radical (unpaired) electrons. The zero-order chi connectivity index (χ0) is 16.5. The van der Waals surface area contributed by atoms with Crippen molar-refractivity contribution in [3.05, 3.63) is 29.3 Å². The number of hydrogen-bond donors (Lipinski definition) is 2. The van der Waals surface area contributed by atoms with Crippen molar-refractivity contribution in [2.45, 2.75) is 25.1 Å². The Balaban J connectivity index is 2.24. The number of anilines is 1. The number of nitrogens with zero attached hydrogens (tertiary/aromatic N) is 3. The molecule has 0 fully saturated rings. The Kier molecular flexibility index (Phi) is 4.25. The largest absolute Gasteiger partial charge is 0.425 e. The molecule has 0 aliphatic rings. The van der Waals surface area contributed by atoms with E-state index in [1.165, 1.54) is 19.4 Å². The molecule has 2 rings (SSSR count). The number of amides is 1. The Labute approximate surface area is 127 Å². The SMILES string of the molecule is Cc1cnc(NC(=O)CC(O)(c2nccn2C)C(F)(F)F)s1. The number of thiazole rings is 1. The molecule has 2 heterocycles. The highest BCUT2D eigenvalue weighted by atomic mass is 32.1. The molecule has 1 amide bonds. The predicted octanol–water partition coefficient (Wildman–Crippen LogP) is 1.96. The van der Waals surface area contributed by atoms with Crippen LogP contribution < -0.4 is 5.32 Å². The van der Waals surface area contributed by atoms with Gasteiger partial charge in [0.05, 0.1) is 6.42 Å². The third-order valence-corrected chi connectivity index (χ3v) is 3.77. The van der Waals surface area contributed by atoms with E-state index in [1.807, 2.05) is 0 Å². The van der Waals surface area contributed by atoms with E-state index in [0.717, 1.165) is 27.0 Å². The minimum atomic E-state index is -5.05. The zero-order valence-electron chi connectivity index (χ0n) is 11.7. The molecule has 0 spiro atoms. The fourth-order valence-corrected chi connectivity index (χ4v) is 2.56. The van der Waals surface area contributed by atoms with Gasteiger partial charge in [-0.15, -0.1) is 11.3 Å². The number of imidazole rings is 1. The Morgan fingerprint density at radius 3 is 2.59 bits per heavy atom. The second-order valence-electron chi connectivity index (χ2n) is 4.72. The van der Waals surface area contributed by atoms with E-state index in [9.17, 15) is 23.1 Å². The molecule has 0 bridgehead atoms. The molecule has 0 aliphatic heterocycles. The Morgan fingerprint density at radius 1 is 1.45 bits per heavy atom. The summed E-state index contributed by atoms with van der Waals surface area (Å²) in [4.78, 5) is 20.0. The lowest BCUT2D eigenvalue weighted by Gasteiger charge is -2.29. The Hall–Kier alpha value is -1.94. The average molecular weight is 334 g/mol. The number of alkyl halides is 3. The van der Waals surface area contributed by atoms with Crippen molar-refractivity contribution in [2.24, 2.45) is 7.05 Å². The number of aromatic nitrogens is 3. The summed E-state index contributed by atoms with van der Waals surface area (Å²) in [6.07, 6.45) is -2.40. The Morgan fingerprint density at radius 2 is 2.14 bits per heavy atom. The molecule has 2 N–H and O–H groups in total. The lowest BCUT2D eigenvalue weighted by atomic mass is 9.97. The lowest BCUT2D eigenvalue weighted by Crippen LogP contribution is -2.46. The van der Waals surface area contributed by atoms with Crippen molar-refractivity contribution in [3.63, 3.8) is 0 Å². The van der Waals surface area contributed by atoms with E-state index in [0.29, 0.717) is 0 Å². The molecule has 1 unspecified atom stereocenters. The second kappa shape index (κ2) is 5.69. The minimum Gasteiger partial charge on any atom is -0.374 e. The first-order valence-corrected chi connectivity index (χ1v) is 6.94. The molecule has 120 valence electrons. The standard InChI is InChI=1S/C12H13F3N4O2S/c1-7-6-17-10(22-7)18-8(20)5-11(21,12(13,14)15)9-16-3-4-19(9)2/h3-4,6,21H,5H2,1-2H3,(H,17,18,20). The third-order valence-electron chi connectivity index (χ3n) is 2.94. The molecule has 2 aromatic rings. The van der Waals surface area contributed by atoms with Gasteiger partial charge >= 0.3 is 6.18 Å². The van der Waals surface area contributed by atoms with Crippen LogP contribution in [0.3, 0.4) is 0 Å². The normalized spacial score (nSPS) is 14.6. The topological polar surface area (TPSA) is 80.0 Å². The number of carbonyl (C=O) groups is 1. The van der Waals surface area contributed by atoms with E-state index < -0.39 is 29.9 Å². The Bertz CT molecular complexity index is 682. The third kappa shape index (κ3) is 3.12. The van der Waals surface area contributed by atoms with Crippen LogP contribution in [0.15, 0.2) is 18.6 Å². The van der Waals surface area contributed by atoms with E-state index in [2.05, 4.69) is 15.3 Å². The van der Waals surface area contributed by atoms with Crippen LogP contribution in [0, 0.1) is 6.92 Å². The van der Waals surface area contributed by atoms with Gasteiger partial charge in [-0.05, 0) is 6.92 Å². The molecular weight excluding hydrogens is 321 g/mol. The first kappa shape index (κ1) is 16.4. The maximum Gasteiger partial charge on any atom is 0.425 e. The van der Waals surface area contributed by atoms with Crippen molar-refractivity contribution in [2.75, 3.05) is 5.32 Å². The van der Waals surface area contributed by atoms with Crippen molar-refractivity contribution in [1.82, 2.24) is 14.5 Å².